The lowest BCUT2D eigenvalue weighted by molar-refractivity contribution is 0.0943. The molecule has 0 aliphatic rings. The summed E-state index contributed by atoms with van der Waals surface area (Å²) in [6.45, 7) is 0.384. The topological polar surface area (TPSA) is 65.3 Å². The number of aryl methyl sites for hydroxylation is 2. The van der Waals surface area contributed by atoms with Crippen molar-refractivity contribution < 1.29 is 9.53 Å². The van der Waals surface area contributed by atoms with Crippen LogP contribution in [-0.2, 0) is 20.6 Å². The SMILES string of the molecule is COc1cccc(CNC(=O)c2cc3c(=O)n(C)ccc3n2C)c1. The Kier molecular flexibility index (Phi) is 4.12. The highest BCUT2D eigenvalue weighted by atomic mass is 16.5. The molecular weight excluding hydrogens is 306 g/mol. The monoisotopic (exact) mass is 325 g/mol. The van der Waals surface area contributed by atoms with Crippen LogP contribution < -0.4 is 15.6 Å². The molecule has 1 N–H and O–H groups in total. The molecule has 0 radical (unpaired) electrons. The number of carbonyl (C=O) groups is 1. The van der Waals surface area contributed by atoms with Crippen molar-refractivity contribution in [2.45, 2.75) is 6.54 Å². The highest BCUT2D eigenvalue weighted by Gasteiger charge is 2.15. The molecule has 0 spiro atoms. The van der Waals surface area contributed by atoms with Gasteiger partial charge in [-0.1, -0.05) is 12.1 Å². The Bertz CT molecular complexity index is 969. The van der Waals surface area contributed by atoms with Gasteiger partial charge >= 0.3 is 0 Å². The number of methoxy groups -OCH3 is 1. The highest BCUT2D eigenvalue weighted by Crippen LogP contribution is 2.16. The summed E-state index contributed by atoms with van der Waals surface area (Å²) in [6, 6.07) is 11.0. The molecule has 0 fully saturated rings. The first-order valence-electron chi connectivity index (χ1n) is 7.57. The lowest BCUT2D eigenvalue weighted by atomic mass is 10.2. The van der Waals surface area contributed by atoms with Crippen LogP contribution >= 0.6 is 0 Å². The van der Waals surface area contributed by atoms with Crippen LogP contribution in [0.25, 0.3) is 10.9 Å². The van der Waals surface area contributed by atoms with Gasteiger partial charge in [-0.05, 0) is 29.8 Å². The fourth-order valence-electron chi connectivity index (χ4n) is 2.70. The average Bonchev–Trinajstić information content (AvgIpc) is 2.94. The number of fused-ring (bicyclic) bond motifs is 1. The molecule has 0 bridgehead atoms. The Morgan fingerprint density at radius 1 is 1.21 bits per heavy atom. The maximum absolute atomic E-state index is 12.5. The van der Waals surface area contributed by atoms with Gasteiger partial charge in [-0.3, -0.25) is 9.59 Å². The Hall–Kier alpha value is -3.02. The summed E-state index contributed by atoms with van der Waals surface area (Å²) >= 11 is 0. The normalized spacial score (nSPS) is 10.8. The van der Waals surface area contributed by atoms with Gasteiger partial charge in [0.25, 0.3) is 11.5 Å². The summed E-state index contributed by atoms with van der Waals surface area (Å²) in [4.78, 5) is 24.7. The zero-order valence-electron chi connectivity index (χ0n) is 13.9. The van der Waals surface area contributed by atoms with Gasteiger partial charge in [0.1, 0.15) is 11.4 Å². The Labute approximate surface area is 139 Å². The Balaban J connectivity index is 1.85. The molecule has 6 heteroatoms. The first-order chi connectivity index (χ1) is 11.5. The number of nitrogens with one attached hydrogen (secondary N) is 1. The smallest absolute Gasteiger partial charge is 0.268 e. The second-order valence-corrected chi connectivity index (χ2v) is 5.65. The maximum Gasteiger partial charge on any atom is 0.268 e. The minimum absolute atomic E-state index is 0.116. The molecule has 3 aromatic rings. The van der Waals surface area contributed by atoms with Gasteiger partial charge in [-0.25, -0.2) is 0 Å². The molecule has 124 valence electrons. The number of aromatic nitrogens is 2. The van der Waals surface area contributed by atoms with E-state index in [0.717, 1.165) is 16.8 Å². The van der Waals surface area contributed by atoms with Crippen molar-refractivity contribution in [3.63, 3.8) is 0 Å². The van der Waals surface area contributed by atoms with E-state index >= 15 is 0 Å². The second-order valence-electron chi connectivity index (χ2n) is 5.65. The molecule has 1 aromatic carbocycles. The zero-order valence-corrected chi connectivity index (χ0v) is 13.9. The van der Waals surface area contributed by atoms with Gasteiger partial charge in [0.05, 0.1) is 18.0 Å². The van der Waals surface area contributed by atoms with Crippen molar-refractivity contribution in [1.82, 2.24) is 14.5 Å². The van der Waals surface area contributed by atoms with Gasteiger partial charge in [0.15, 0.2) is 0 Å². The molecule has 2 aromatic heterocycles. The van der Waals surface area contributed by atoms with Crippen molar-refractivity contribution >= 4 is 16.8 Å². The number of pyridine rings is 1. The molecule has 0 aliphatic heterocycles. The van der Waals surface area contributed by atoms with Crippen LogP contribution in [-0.4, -0.2) is 22.2 Å². The lowest BCUT2D eigenvalue weighted by Gasteiger charge is -2.08. The maximum atomic E-state index is 12.5. The van der Waals surface area contributed by atoms with Crippen LogP contribution in [0, 0.1) is 0 Å². The van der Waals surface area contributed by atoms with Crippen molar-refractivity contribution in [3.05, 3.63) is 64.2 Å². The van der Waals surface area contributed by atoms with Crippen LogP contribution in [0.2, 0.25) is 0 Å². The molecule has 0 saturated carbocycles. The molecule has 0 aliphatic carbocycles. The minimum atomic E-state index is -0.224. The zero-order chi connectivity index (χ0) is 17.3. The van der Waals surface area contributed by atoms with E-state index in [1.165, 1.54) is 4.57 Å². The first-order valence-corrected chi connectivity index (χ1v) is 7.57. The number of hydrogen-bond acceptors (Lipinski definition) is 3. The van der Waals surface area contributed by atoms with Crippen molar-refractivity contribution in [3.8, 4) is 5.75 Å². The summed E-state index contributed by atoms with van der Waals surface area (Å²) in [5.41, 5.74) is 2.02. The molecule has 0 atom stereocenters. The van der Waals surface area contributed by atoms with E-state index in [9.17, 15) is 9.59 Å². The number of hydrogen-bond donors (Lipinski definition) is 1. The van der Waals surface area contributed by atoms with E-state index < -0.39 is 0 Å². The minimum Gasteiger partial charge on any atom is -0.497 e. The summed E-state index contributed by atoms with van der Waals surface area (Å²) in [7, 11) is 5.08. The largest absolute Gasteiger partial charge is 0.497 e. The van der Waals surface area contributed by atoms with Crippen LogP contribution in [0.5, 0.6) is 5.75 Å². The van der Waals surface area contributed by atoms with E-state index in [4.69, 9.17) is 4.74 Å². The van der Waals surface area contributed by atoms with Gasteiger partial charge in [-0.15, -0.1) is 0 Å². The van der Waals surface area contributed by atoms with Crippen LogP contribution in [0.3, 0.4) is 0 Å². The summed E-state index contributed by atoms with van der Waals surface area (Å²) < 4.78 is 8.41. The van der Waals surface area contributed by atoms with E-state index in [-0.39, 0.29) is 11.5 Å². The lowest BCUT2D eigenvalue weighted by Crippen LogP contribution is -2.24. The quantitative estimate of drug-likeness (QED) is 0.796. The van der Waals surface area contributed by atoms with E-state index in [1.807, 2.05) is 30.3 Å². The number of rotatable bonds is 4. The predicted octanol–water partition coefficient (Wildman–Crippen LogP) is 1.82. The molecule has 0 unspecified atom stereocenters. The predicted molar refractivity (Wildman–Crippen MR) is 92.3 cm³/mol. The molecule has 2 heterocycles. The van der Waals surface area contributed by atoms with Crippen molar-refractivity contribution in [1.29, 1.82) is 0 Å². The third-order valence-electron chi connectivity index (χ3n) is 4.11. The third kappa shape index (κ3) is 2.78. The molecule has 6 nitrogen and oxygen atoms in total. The summed E-state index contributed by atoms with van der Waals surface area (Å²) in [6.07, 6.45) is 1.70. The second kappa shape index (κ2) is 6.23. The fourth-order valence-corrected chi connectivity index (χ4v) is 2.70. The summed E-state index contributed by atoms with van der Waals surface area (Å²) in [5, 5.41) is 3.41. The molecular formula is C18H19N3O3. The van der Waals surface area contributed by atoms with E-state index in [2.05, 4.69) is 5.32 Å². The standard InChI is InChI=1S/C18H19N3O3/c1-20-8-7-15-14(18(20)23)10-16(21(15)2)17(22)19-11-12-5-4-6-13(9-12)24-3/h4-10H,11H2,1-3H3,(H,19,22). The molecule has 24 heavy (non-hydrogen) atoms. The van der Waals surface area contributed by atoms with Gasteiger partial charge in [-0.2, -0.15) is 0 Å². The molecule has 3 rings (SSSR count). The highest BCUT2D eigenvalue weighted by molar-refractivity contribution is 5.98. The van der Waals surface area contributed by atoms with Gasteiger partial charge in [0.2, 0.25) is 0 Å². The van der Waals surface area contributed by atoms with Crippen molar-refractivity contribution in [2.75, 3.05) is 7.11 Å². The van der Waals surface area contributed by atoms with Crippen LogP contribution in [0.1, 0.15) is 16.1 Å². The third-order valence-corrected chi connectivity index (χ3v) is 4.11. The molecule has 1 amide bonds. The first kappa shape index (κ1) is 15.9. The number of benzene rings is 1. The van der Waals surface area contributed by atoms with Gasteiger partial charge in [0, 0.05) is 26.8 Å². The van der Waals surface area contributed by atoms with Crippen molar-refractivity contribution in [2.24, 2.45) is 14.1 Å². The van der Waals surface area contributed by atoms with Crippen LogP contribution in [0.15, 0.2) is 47.4 Å². The average molecular weight is 325 g/mol. The number of ether oxygens (including phenoxy) is 1. The number of nitrogens with zero attached hydrogens (tertiary/aromatic N) is 2. The van der Waals surface area contributed by atoms with E-state index in [0.29, 0.717) is 17.6 Å². The molecule has 0 saturated heterocycles. The number of carbonyl (C=O) groups excluding carboxylic acids is 1. The Morgan fingerprint density at radius 3 is 2.75 bits per heavy atom. The Morgan fingerprint density at radius 2 is 2.00 bits per heavy atom. The number of amides is 1. The van der Waals surface area contributed by atoms with E-state index in [1.54, 1.807) is 38.0 Å². The van der Waals surface area contributed by atoms with Gasteiger partial charge < -0.3 is 19.2 Å². The fraction of sp³-hybridized carbons (Fsp3) is 0.222. The van der Waals surface area contributed by atoms with Crippen LogP contribution in [0.4, 0.5) is 0 Å². The summed E-state index contributed by atoms with van der Waals surface area (Å²) in [5.74, 6) is 0.522.